The first-order chi connectivity index (χ1) is 14.1. The van der Waals surface area contributed by atoms with Crippen molar-refractivity contribution in [1.82, 2.24) is 14.9 Å². The van der Waals surface area contributed by atoms with E-state index in [-0.39, 0.29) is 11.9 Å². The Hall–Kier alpha value is -4.00. The minimum absolute atomic E-state index is 0.177. The quantitative estimate of drug-likeness (QED) is 0.587. The van der Waals surface area contributed by atoms with Gasteiger partial charge in [-0.05, 0) is 41.0 Å². The summed E-state index contributed by atoms with van der Waals surface area (Å²) >= 11 is 0. The van der Waals surface area contributed by atoms with Crippen molar-refractivity contribution in [3.05, 3.63) is 84.6 Å². The number of benzene rings is 2. The van der Waals surface area contributed by atoms with Gasteiger partial charge in [0.2, 0.25) is 0 Å². The lowest BCUT2D eigenvalue weighted by Gasteiger charge is -2.26. The van der Waals surface area contributed by atoms with Crippen molar-refractivity contribution < 1.29 is 9.21 Å². The molecule has 0 saturated carbocycles. The van der Waals surface area contributed by atoms with Crippen LogP contribution in [0.4, 0.5) is 0 Å². The van der Waals surface area contributed by atoms with Gasteiger partial charge in [0.05, 0.1) is 6.26 Å². The van der Waals surface area contributed by atoms with Gasteiger partial charge in [0.25, 0.3) is 5.91 Å². The van der Waals surface area contributed by atoms with Crippen LogP contribution in [0.15, 0.2) is 82.9 Å². The molecule has 0 saturated heterocycles. The highest BCUT2D eigenvalue weighted by Gasteiger charge is 2.49. The molecular weight excluding hydrogens is 366 g/mol. The molecule has 1 atom stereocenters. The van der Waals surface area contributed by atoms with Gasteiger partial charge in [-0.3, -0.25) is 9.69 Å². The summed E-state index contributed by atoms with van der Waals surface area (Å²) in [4.78, 5) is 27.7. The van der Waals surface area contributed by atoms with E-state index in [2.05, 4.69) is 15.0 Å². The van der Waals surface area contributed by atoms with E-state index >= 15 is 0 Å². The summed E-state index contributed by atoms with van der Waals surface area (Å²) in [6.45, 7) is 0. The zero-order chi connectivity index (χ0) is 20.0. The summed E-state index contributed by atoms with van der Waals surface area (Å²) in [6, 6.07) is 15.2. The molecule has 4 aromatic rings. The second kappa shape index (κ2) is 6.27. The van der Waals surface area contributed by atoms with Crippen LogP contribution < -0.4 is 5.73 Å². The number of carbonyl (C=O) groups is 1. The van der Waals surface area contributed by atoms with Crippen LogP contribution >= 0.6 is 0 Å². The number of fused-ring (bicyclic) bond motifs is 1. The van der Waals surface area contributed by atoms with Gasteiger partial charge >= 0.3 is 0 Å². The zero-order valence-electron chi connectivity index (χ0n) is 15.6. The van der Waals surface area contributed by atoms with Gasteiger partial charge in [-0.15, -0.1) is 0 Å². The van der Waals surface area contributed by atoms with Crippen LogP contribution in [0.5, 0.6) is 0 Å². The van der Waals surface area contributed by atoms with Crippen LogP contribution in [0.2, 0.25) is 0 Å². The molecule has 1 amide bonds. The molecule has 0 spiro atoms. The molecule has 0 radical (unpaired) electrons. The maximum Gasteiger partial charge on any atom is 0.266 e. The number of furan rings is 1. The molecule has 0 bridgehead atoms. The Morgan fingerprint density at radius 2 is 1.79 bits per heavy atom. The molecule has 2 aromatic carbocycles. The van der Waals surface area contributed by atoms with Gasteiger partial charge in [0.1, 0.15) is 11.9 Å². The molecular formula is C22H17N5O2. The Bertz CT molecular complexity index is 1260. The Labute approximate surface area is 166 Å². The first kappa shape index (κ1) is 17.1. The molecule has 2 aromatic heterocycles. The van der Waals surface area contributed by atoms with Crippen molar-refractivity contribution in [3.63, 3.8) is 0 Å². The highest BCUT2D eigenvalue weighted by Crippen LogP contribution is 2.41. The van der Waals surface area contributed by atoms with E-state index in [1.54, 1.807) is 25.7 Å². The second-order valence-electron chi connectivity index (χ2n) is 6.93. The maximum absolute atomic E-state index is 13.4. The Kier molecular flexibility index (Phi) is 3.70. The van der Waals surface area contributed by atoms with Crippen LogP contribution in [-0.2, 0) is 10.3 Å². The van der Waals surface area contributed by atoms with E-state index in [9.17, 15) is 4.79 Å². The Balaban J connectivity index is 1.75. The van der Waals surface area contributed by atoms with Crippen LogP contribution in [0.25, 0.3) is 22.1 Å². The summed E-state index contributed by atoms with van der Waals surface area (Å²) < 4.78 is 5.45. The van der Waals surface area contributed by atoms with Gasteiger partial charge in [0, 0.05) is 30.4 Å². The number of nitrogens with two attached hydrogens (primary N) is 1. The minimum atomic E-state index is -1.27. The van der Waals surface area contributed by atoms with Crippen LogP contribution in [0, 0.1) is 0 Å². The fourth-order valence-corrected chi connectivity index (χ4v) is 3.75. The highest BCUT2D eigenvalue weighted by molar-refractivity contribution is 6.09. The van der Waals surface area contributed by atoms with E-state index in [4.69, 9.17) is 10.2 Å². The van der Waals surface area contributed by atoms with Gasteiger partial charge in [-0.2, -0.15) is 0 Å². The molecule has 1 aliphatic heterocycles. The molecule has 7 heteroatoms. The molecule has 142 valence electrons. The Morgan fingerprint density at radius 1 is 1.00 bits per heavy atom. The lowest BCUT2D eigenvalue weighted by atomic mass is 9.81. The average molecular weight is 383 g/mol. The van der Waals surface area contributed by atoms with Crippen LogP contribution in [-0.4, -0.2) is 33.8 Å². The van der Waals surface area contributed by atoms with Gasteiger partial charge in [-0.1, -0.05) is 24.3 Å². The lowest BCUT2D eigenvalue weighted by Crippen LogP contribution is -2.41. The number of amides is 1. The van der Waals surface area contributed by atoms with Crippen molar-refractivity contribution in [2.75, 3.05) is 7.05 Å². The van der Waals surface area contributed by atoms with Crippen LogP contribution in [0.3, 0.4) is 0 Å². The molecule has 1 unspecified atom stereocenters. The Morgan fingerprint density at radius 3 is 2.55 bits per heavy atom. The standard InChI is InChI=1S/C22H17N5O2/c1-27-20(28)22(26-21(27)23,18-5-6-19-15(10-18)7-8-29-19)17-4-2-3-14(9-17)16-11-24-13-25-12-16/h2-13H,1H3,(H2,23,26). The van der Waals surface area contributed by atoms with Crippen molar-refractivity contribution in [1.29, 1.82) is 0 Å². The molecule has 2 N–H and O–H groups in total. The molecule has 3 heterocycles. The molecule has 29 heavy (non-hydrogen) atoms. The fourth-order valence-electron chi connectivity index (χ4n) is 3.75. The number of likely N-dealkylation sites (N-methyl/N-ethyl adjacent to an activating group) is 1. The van der Waals surface area contributed by atoms with Crippen molar-refractivity contribution in [2.45, 2.75) is 5.54 Å². The predicted octanol–water partition coefficient (Wildman–Crippen LogP) is 2.92. The van der Waals surface area contributed by atoms with E-state index in [0.29, 0.717) is 0 Å². The number of aromatic nitrogens is 2. The number of hydrogen-bond donors (Lipinski definition) is 1. The first-order valence-electron chi connectivity index (χ1n) is 9.07. The fraction of sp³-hybridized carbons (Fsp3) is 0.0909. The van der Waals surface area contributed by atoms with E-state index in [1.807, 2.05) is 48.5 Å². The number of guanidine groups is 1. The summed E-state index contributed by atoms with van der Waals surface area (Å²) in [5.41, 5.74) is 8.75. The normalized spacial score (nSPS) is 19.0. The molecule has 0 fully saturated rings. The minimum Gasteiger partial charge on any atom is -0.464 e. The maximum atomic E-state index is 13.4. The largest absolute Gasteiger partial charge is 0.464 e. The molecule has 5 rings (SSSR count). The number of nitrogens with zero attached hydrogens (tertiary/aromatic N) is 4. The third kappa shape index (κ3) is 2.51. The third-order valence-electron chi connectivity index (χ3n) is 5.28. The molecule has 1 aliphatic rings. The number of aliphatic imine (C=N–C) groups is 1. The van der Waals surface area contributed by atoms with Crippen molar-refractivity contribution in [2.24, 2.45) is 10.7 Å². The zero-order valence-corrected chi connectivity index (χ0v) is 15.6. The number of hydrogen-bond acceptors (Lipinski definition) is 6. The van der Waals surface area contributed by atoms with Gasteiger partial charge < -0.3 is 10.2 Å². The average Bonchev–Trinajstić information content (AvgIpc) is 3.33. The summed E-state index contributed by atoms with van der Waals surface area (Å²) in [6.07, 6.45) is 6.57. The SMILES string of the molecule is CN1C(=O)C(c2cccc(-c3cncnc3)c2)(c2ccc3occc3c2)N=C1N. The van der Waals surface area contributed by atoms with E-state index in [1.165, 1.54) is 11.2 Å². The smallest absolute Gasteiger partial charge is 0.266 e. The second-order valence-corrected chi connectivity index (χ2v) is 6.93. The van der Waals surface area contributed by atoms with Crippen molar-refractivity contribution in [3.8, 4) is 11.1 Å². The summed E-state index contributed by atoms with van der Waals surface area (Å²) in [5.74, 6) is -0.0324. The summed E-state index contributed by atoms with van der Waals surface area (Å²) in [7, 11) is 1.63. The number of rotatable bonds is 3. The van der Waals surface area contributed by atoms with E-state index in [0.717, 1.165) is 33.2 Å². The van der Waals surface area contributed by atoms with Gasteiger partial charge in [-0.25, -0.2) is 15.0 Å². The van der Waals surface area contributed by atoms with Crippen molar-refractivity contribution >= 4 is 22.8 Å². The summed E-state index contributed by atoms with van der Waals surface area (Å²) in [5, 5.41) is 0.894. The van der Waals surface area contributed by atoms with E-state index < -0.39 is 5.54 Å². The molecule has 0 aliphatic carbocycles. The number of carbonyl (C=O) groups excluding carboxylic acids is 1. The highest BCUT2D eigenvalue weighted by atomic mass is 16.3. The first-order valence-corrected chi connectivity index (χ1v) is 9.07. The lowest BCUT2D eigenvalue weighted by molar-refractivity contribution is -0.129. The predicted molar refractivity (Wildman–Crippen MR) is 109 cm³/mol. The monoisotopic (exact) mass is 383 g/mol. The van der Waals surface area contributed by atoms with Gasteiger partial charge in [0.15, 0.2) is 11.5 Å². The molecule has 7 nitrogen and oxygen atoms in total. The topological polar surface area (TPSA) is 97.6 Å². The van der Waals surface area contributed by atoms with Crippen LogP contribution in [0.1, 0.15) is 11.1 Å². The third-order valence-corrected chi connectivity index (χ3v) is 5.28.